The molecule has 2 aliphatic rings. The molecule has 0 spiro atoms. The third-order valence-electron chi connectivity index (χ3n) is 5.38. The molecule has 0 aromatic rings. The third-order valence-corrected chi connectivity index (χ3v) is 5.38. The van der Waals surface area contributed by atoms with Crippen molar-refractivity contribution < 1.29 is 4.74 Å². The van der Waals surface area contributed by atoms with Gasteiger partial charge in [-0.2, -0.15) is 0 Å². The topological polar surface area (TPSA) is 38.5 Å². The summed E-state index contributed by atoms with van der Waals surface area (Å²) in [5, 5.41) is 0. The Hall–Kier alpha value is -0.120. The summed E-state index contributed by atoms with van der Waals surface area (Å²) in [5.74, 6) is 1.46. The number of nitrogens with two attached hydrogens (primary N) is 1. The summed E-state index contributed by atoms with van der Waals surface area (Å²) in [6.45, 7) is 7.33. The minimum Gasteiger partial charge on any atom is -0.380 e. The van der Waals surface area contributed by atoms with E-state index >= 15 is 0 Å². The fourth-order valence-corrected chi connectivity index (χ4v) is 4.23. The Morgan fingerprint density at radius 2 is 2.11 bits per heavy atom. The summed E-state index contributed by atoms with van der Waals surface area (Å²) < 4.78 is 5.57. The summed E-state index contributed by atoms with van der Waals surface area (Å²) in [6, 6.07) is 0.577. The average Bonchev–Trinajstić information content (AvgIpc) is 2.91. The lowest BCUT2D eigenvalue weighted by atomic mass is 9.66. The van der Waals surface area contributed by atoms with Crippen molar-refractivity contribution in [1.82, 2.24) is 4.90 Å². The van der Waals surface area contributed by atoms with Gasteiger partial charge in [0, 0.05) is 24.7 Å². The molecule has 1 aliphatic heterocycles. The van der Waals surface area contributed by atoms with E-state index in [1.54, 1.807) is 0 Å². The number of hydrogen-bond donors (Lipinski definition) is 1. The van der Waals surface area contributed by atoms with Gasteiger partial charge in [0.1, 0.15) is 0 Å². The van der Waals surface area contributed by atoms with Crippen molar-refractivity contribution in [1.29, 1.82) is 0 Å². The lowest BCUT2D eigenvalue weighted by Gasteiger charge is -2.53. The minimum absolute atomic E-state index is 0.213. The zero-order valence-corrected chi connectivity index (χ0v) is 12.3. The molecule has 106 valence electrons. The van der Waals surface area contributed by atoms with Gasteiger partial charge in [0.25, 0.3) is 0 Å². The SMILES string of the molecule is CC(C)C1CCCCC1(CN)N(C)C1CCOC1. The molecule has 1 aliphatic carbocycles. The highest BCUT2D eigenvalue weighted by atomic mass is 16.5. The van der Waals surface area contributed by atoms with Gasteiger partial charge >= 0.3 is 0 Å². The molecule has 1 saturated carbocycles. The van der Waals surface area contributed by atoms with E-state index < -0.39 is 0 Å². The van der Waals surface area contributed by atoms with Gasteiger partial charge in [0.15, 0.2) is 0 Å². The standard InChI is InChI=1S/C15H30N2O/c1-12(2)14-6-4-5-8-15(14,11-16)17(3)13-7-9-18-10-13/h12-14H,4-11,16H2,1-3H3. The Morgan fingerprint density at radius 3 is 2.67 bits per heavy atom. The number of hydrogen-bond acceptors (Lipinski definition) is 3. The van der Waals surface area contributed by atoms with Crippen molar-refractivity contribution >= 4 is 0 Å². The van der Waals surface area contributed by atoms with Crippen molar-refractivity contribution in [3.05, 3.63) is 0 Å². The highest BCUT2D eigenvalue weighted by molar-refractivity contribution is 5.02. The normalized spacial score (nSPS) is 37.7. The Morgan fingerprint density at radius 1 is 1.33 bits per heavy atom. The van der Waals surface area contributed by atoms with Gasteiger partial charge in [-0.05, 0) is 38.1 Å². The molecule has 2 N–H and O–H groups in total. The number of rotatable bonds is 4. The molecule has 3 atom stereocenters. The number of nitrogens with zero attached hydrogens (tertiary/aromatic N) is 1. The molecule has 1 saturated heterocycles. The molecule has 2 fully saturated rings. The van der Waals surface area contributed by atoms with Gasteiger partial charge in [-0.3, -0.25) is 4.90 Å². The second kappa shape index (κ2) is 5.89. The summed E-state index contributed by atoms with van der Waals surface area (Å²) in [7, 11) is 2.28. The Bertz CT molecular complexity index is 263. The first-order valence-corrected chi connectivity index (χ1v) is 7.62. The van der Waals surface area contributed by atoms with Crippen LogP contribution in [0.4, 0.5) is 0 Å². The van der Waals surface area contributed by atoms with Crippen LogP contribution in [-0.4, -0.2) is 43.3 Å². The van der Waals surface area contributed by atoms with Crippen LogP contribution in [0.5, 0.6) is 0 Å². The van der Waals surface area contributed by atoms with Crippen molar-refractivity contribution in [3.8, 4) is 0 Å². The van der Waals surface area contributed by atoms with E-state index in [1.165, 1.54) is 32.1 Å². The fourth-order valence-electron chi connectivity index (χ4n) is 4.23. The second-order valence-electron chi connectivity index (χ2n) is 6.53. The highest BCUT2D eigenvalue weighted by Gasteiger charge is 2.46. The predicted octanol–water partition coefficient (Wildman–Crippen LogP) is 2.25. The van der Waals surface area contributed by atoms with Gasteiger partial charge in [-0.1, -0.05) is 26.7 Å². The highest BCUT2D eigenvalue weighted by Crippen LogP contribution is 2.42. The lowest BCUT2D eigenvalue weighted by molar-refractivity contribution is -0.0246. The third kappa shape index (κ3) is 2.45. The van der Waals surface area contributed by atoms with Crippen molar-refractivity contribution in [2.45, 2.75) is 57.5 Å². The van der Waals surface area contributed by atoms with Crippen LogP contribution in [0.25, 0.3) is 0 Å². The van der Waals surface area contributed by atoms with Crippen molar-refractivity contribution in [2.24, 2.45) is 17.6 Å². The van der Waals surface area contributed by atoms with E-state index in [-0.39, 0.29) is 5.54 Å². The quantitative estimate of drug-likeness (QED) is 0.836. The molecule has 18 heavy (non-hydrogen) atoms. The molecule has 2 rings (SSSR count). The first-order valence-electron chi connectivity index (χ1n) is 7.62. The van der Waals surface area contributed by atoms with Crippen LogP contribution in [0.15, 0.2) is 0 Å². The van der Waals surface area contributed by atoms with Crippen LogP contribution in [0.1, 0.15) is 46.0 Å². The summed E-state index contributed by atoms with van der Waals surface area (Å²) in [4.78, 5) is 2.59. The molecular weight excluding hydrogens is 224 g/mol. The van der Waals surface area contributed by atoms with E-state index in [1.807, 2.05) is 0 Å². The molecule has 1 heterocycles. The van der Waals surface area contributed by atoms with Gasteiger partial charge in [-0.25, -0.2) is 0 Å². The number of likely N-dealkylation sites (N-methyl/N-ethyl adjacent to an activating group) is 1. The number of ether oxygens (including phenoxy) is 1. The minimum atomic E-state index is 0.213. The molecule has 0 aromatic carbocycles. The van der Waals surface area contributed by atoms with Crippen molar-refractivity contribution in [2.75, 3.05) is 26.8 Å². The van der Waals surface area contributed by atoms with E-state index in [9.17, 15) is 0 Å². The maximum absolute atomic E-state index is 6.25. The summed E-state index contributed by atoms with van der Waals surface area (Å²) in [6.07, 6.45) is 6.48. The predicted molar refractivity (Wildman–Crippen MR) is 75.6 cm³/mol. The van der Waals surface area contributed by atoms with Gasteiger partial charge in [0.05, 0.1) is 6.61 Å². The maximum atomic E-state index is 6.25. The first-order chi connectivity index (χ1) is 8.62. The van der Waals surface area contributed by atoms with Crippen LogP contribution in [0.2, 0.25) is 0 Å². The molecule has 0 bridgehead atoms. The zero-order valence-electron chi connectivity index (χ0n) is 12.3. The molecule has 3 unspecified atom stereocenters. The molecule has 3 nitrogen and oxygen atoms in total. The van der Waals surface area contributed by atoms with E-state index in [0.29, 0.717) is 6.04 Å². The van der Waals surface area contributed by atoms with Crippen LogP contribution in [0.3, 0.4) is 0 Å². The van der Waals surface area contributed by atoms with Gasteiger partial charge in [-0.15, -0.1) is 0 Å². The van der Waals surface area contributed by atoms with Crippen LogP contribution in [0, 0.1) is 11.8 Å². The summed E-state index contributed by atoms with van der Waals surface area (Å²) in [5.41, 5.74) is 6.47. The average molecular weight is 254 g/mol. The smallest absolute Gasteiger partial charge is 0.0622 e. The Labute approximate surface area is 112 Å². The Kier molecular flexibility index (Phi) is 4.68. The summed E-state index contributed by atoms with van der Waals surface area (Å²) >= 11 is 0. The molecule has 3 heteroatoms. The Balaban J connectivity index is 2.19. The van der Waals surface area contributed by atoms with Gasteiger partial charge in [0.2, 0.25) is 0 Å². The van der Waals surface area contributed by atoms with Crippen LogP contribution in [-0.2, 0) is 4.74 Å². The molecule has 0 radical (unpaired) electrons. The fraction of sp³-hybridized carbons (Fsp3) is 1.00. The van der Waals surface area contributed by atoms with E-state index in [2.05, 4.69) is 25.8 Å². The second-order valence-corrected chi connectivity index (χ2v) is 6.53. The van der Waals surface area contributed by atoms with Crippen LogP contribution >= 0.6 is 0 Å². The zero-order chi connectivity index (χ0) is 13.2. The molecule has 0 amide bonds. The molecule has 0 aromatic heterocycles. The van der Waals surface area contributed by atoms with E-state index in [0.717, 1.165) is 31.6 Å². The first kappa shape index (κ1) is 14.3. The van der Waals surface area contributed by atoms with E-state index in [4.69, 9.17) is 10.5 Å². The lowest BCUT2D eigenvalue weighted by Crippen LogP contribution is -2.62. The van der Waals surface area contributed by atoms with Crippen molar-refractivity contribution in [3.63, 3.8) is 0 Å². The maximum Gasteiger partial charge on any atom is 0.0622 e. The van der Waals surface area contributed by atoms with Gasteiger partial charge < -0.3 is 10.5 Å². The molecular formula is C15H30N2O. The largest absolute Gasteiger partial charge is 0.380 e. The van der Waals surface area contributed by atoms with Crippen LogP contribution < -0.4 is 5.73 Å². The monoisotopic (exact) mass is 254 g/mol.